The molecule has 1 aromatic heterocycles. The molecule has 1 aromatic carbocycles. The van der Waals surface area contributed by atoms with Gasteiger partial charge < -0.3 is 10.5 Å². The van der Waals surface area contributed by atoms with Gasteiger partial charge in [0.15, 0.2) is 5.13 Å². The van der Waals surface area contributed by atoms with Gasteiger partial charge in [0, 0.05) is 14.9 Å². The van der Waals surface area contributed by atoms with E-state index in [9.17, 15) is 4.79 Å². The third-order valence-corrected chi connectivity index (χ3v) is 3.85. The SMILES string of the molecule is CCOC(=O)Cc1sc(N)nc1-c1ccc(Br)cc1. The van der Waals surface area contributed by atoms with Gasteiger partial charge in [-0.25, -0.2) is 4.98 Å². The fourth-order valence-corrected chi connectivity index (χ4v) is 2.77. The molecule has 0 bridgehead atoms. The number of nitrogens with two attached hydrogens (primary N) is 1. The molecule has 0 spiro atoms. The number of hydrogen-bond donors (Lipinski definition) is 1. The third-order valence-electron chi connectivity index (χ3n) is 2.44. The molecular weight excluding hydrogens is 328 g/mol. The van der Waals surface area contributed by atoms with E-state index in [1.54, 1.807) is 6.92 Å². The summed E-state index contributed by atoms with van der Waals surface area (Å²) in [7, 11) is 0. The molecule has 0 aliphatic rings. The molecule has 2 rings (SSSR count). The number of ether oxygens (including phenoxy) is 1. The molecule has 0 saturated heterocycles. The maximum atomic E-state index is 11.6. The van der Waals surface area contributed by atoms with Crippen molar-refractivity contribution in [2.24, 2.45) is 0 Å². The first-order chi connectivity index (χ1) is 9.10. The Morgan fingerprint density at radius 2 is 2.11 bits per heavy atom. The number of halogens is 1. The quantitative estimate of drug-likeness (QED) is 0.867. The van der Waals surface area contributed by atoms with Crippen LogP contribution in [0.4, 0.5) is 5.13 Å². The molecule has 6 heteroatoms. The fourth-order valence-electron chi connectivity index (χ4n) is 1.67. The van der Waals surface area contributed by atoms with E-state index < -0.39 is 0 Å². The molecule has 2 N–H and O–H groups in total. The zero-order chi connectivity index (χ0) is 13.8. The molecule has 0 aliphatic carbocycles. The molecule has 19 heavy (non-hydrogen) atoms. The van der Waals surface area contributed by atoms with E-state index in [-0.39, 0.29) is 12.4 Å². The van der Waals surface area contributed by atoms with Crippen LogP contribution in [0, 0.1) is 0 Å². The number of carbonyl (C=O) groups is 1. The van der Waals surface area contributed by atoms with Gasteiger partial charge in [0.1, 0.15) is 0 Å². The van der Waals surface area contributed by atoms with Crippen LogP contribution in [0.2, 0.25) is 0 Å². The molecule has 0 aliphatic heterocycles. The number of aromatic nitrogens is 1. The van der Waals surface area contributed by atoms with Crippen molar-refractivity contribution in [1.29, 1.82) is 0 Å². The highest BCUT2D eigenvalue weighted by atomic mass is 79.9. The van der Waals surface area contributed by atoms with Crippen LogP contribution in [-0.2, 0) is 16.0 Å². The van der Waals surface area contributed by atoms with E-state index in [1.807, 2.05) is 24.3 Å². The molecule has 1 heterocycles. The van der Waals surface area contributed by atoms with Crippen molar-refractivity contribution in [3.05, 3.63) is 33.6 Å². The molecule has 2 aromatic rings. The Bertz CT molecular complexity index is 581. The summed E-state index contributed by atoms with van der Waals surface area (Å²) in [6.07, 6.45) is 0.202. The second-order valence-electron chi connectivity index (χ2n) is 3.81. The van der Waals surface area contributed by atoms with Crippen molar-refractivity contribution < 1.29 is 9.53 Å². The van der Waals surface area contributed by atoms with Gasteiger partial charge in [0.25, 0.3) is 0 Å². The largest absolute Gasteiger partial charge is 0.466 e. The topological polar surface area (TPSA) is 65.2 Å². The summed E-state index contributed by atoms with van der Waals surface area (Å²) in [5.41, 5.74) is 7.44. The smallest absolute Gasteiger partial charge is 0.311 e. The number of benzene rings is 1. The molecule has 0 saturated carbocycles. The Morgan fingerprint density at radius 1 is 1.42 bits per heavy atom. The lowest BCUT2D eigenvalue weighted by atomic mass is 10.1. The second-order valence-corrected chi connectivity index (χ2v) is 5.84. The van der Waals surface area contributed by atoms with Gasteiger partial charge >= 0.3 is 5.97 Å². The van der Waals surface area contributed by atoms with E-state index >= 15 is 0 Å². The zero-order valence-electron chi connectivity index (χ0n) is 10.4. The summed E-state index contributed by atoms with van der Waals surface area (Å²) < 4.78 is 5.95. The molecule has 0 unspecified atom stereocenters. The Hall–Kier alpha value is -1.40. The lowest BCUT2D eigenvalue weighted by Gasteiger charge is -2.03. The first kappa shape index (κ1) is 14.0. The first-order valence-corrected chi connectivity index (χ1v) is 7.38. The third kappa shape index (κ3) is 3.54. The molecule has 4 nitrogen and oxygen atoms in total. The Kier molecular flexibility index (Phi) is 4.55. The minimum absolute atomic E-state index is 0.202. The molecule has 0 fully saturated rings. The van der Waals surface area contributed by atoms with Gasteiger partial charge in [-0.15, -0.1) is 11.3 Å². The van der Waals surface area contributed by atoms with Gasteiger partial charge in [-0.2, -0.15) is 0 Å². The first-order valence-electron chi connectivity index (χ1n) is 5.77. The number of carbonyl (C=O) groups excluding carboxylic acids is 1. The Balaban J connectivity index is 2.30. The maximum Gasteiger partial charge on any atom is 0.311 e. The van der Waals surface area contributed by atoms with Crippen LogP contribution in [-0.4, -0.2) is 17.6 Å². The van der Waals surface area contributed by atoms with Crippen molar-refractivity contribution in [1.82, 2.24) is 4.98 Å². The lowest BCUT2D eigenvalue weighted by Crippen LogP contribution is -2.07. The monoisotopic (exact) mass is 340 g/mol. The van der Waals surface area contributed by atoms with Crippen LogP contribution < -0.4 is 5.73 Å². The fraction of sp³-hybridized carbons (Fsp3) is 0.231. The van der Waals surface area contributed by atoms with Crippen LogP contribution in [0.15, 0.2) is 28.7 Å². The van der Waals surface area contributed by atoms with E-state index in [2.05, 4.69) is 20.9 Å². The van der Waals surface area contributed by atoms with Crippen molar-refractivity contribution in [3.63, 3.8) is 0 Å². The van der Waals surface area contributed by atoms with Crippen LogP contribution in [0.5, 0.6) is 0 Å². The zero-order valence-corrected chi connectivity index (χ0v) is 12.8. The van der Waals surface area contributed by atoms with Crippen molar-refractivity contribution in [3.8, 4) is 11.3 Å². The molecule has 0 amide bonds. The molecular formula is C13H13BrN2O2S. The minimum atomic E-state index is -0.260. The van der Waals surface area contributed by atoms with Crippen LogP contribution in [0.3, 0.4) is 0 Å². The molecule has 0 radical (unpaired) electrons. The highest BCUT2D eigenvalue weighted by molar-refractivity contribution is 9.10. The maximum absolute atomic E-state index is 11.6. The molecule has 0 atom stereocenters. The average Bonchev–Trinajstić information content (AvgIpc) is 2.71. The van der Waals surface area contributed by atoms with Gasteiger partial charge in [0.05, 0.1) is 18.7 Å². The van der Waals surface area contributed by atoms with Gasteiger partial charge in [0.2, 0.25) is 0 Å². The summed E-state index contributed by atoms with van der Waals surface area (Å²) in [5, 5.41) is 0.456. The summed E-state index contributed by atoms with van der Waals surface area (Å²) in [6, 6.07) is 7.73. The minimum Gasteiger partial charge on any atom is -0.466 e. The number of esters is 1. The van der Waals surface area contributed by atoms with E-state index in [1.165, 1.54) is 11.3 Å². The van der Waals surface area contributed by atoms with Crippen molar-refractivity contribution >= 4 is 38.4 Å². The van der Waals surface area contributed by atoms with Crippen molar-refractivity contribution in [2.75, 3.05) is 12.3 Å². The summed E-state index contributed by atoms with van der Waals surface area (Å²) in [5.74, 6) is -0.260. The normalized spacial score (nSPS) is 10.4. The summed E-state index contributed by atoms with van der Waals surface area (Å²) in [4.78, 5) is 16.7. The predicted molar refractivity (Wildman–Crippen MR) is 80.0 cm³/mol. The highest BCUT2D eigenvalue weighted by Gasteiger charge is 2.15. The number of nitrogens with zero attached hydrogens (tertiary/aromatic N) is 1. The van der Waals surface area contributed by atoms with Crippen molar-refractivity contribution in [2.45, 2.75) is 13.3 Å². The van der Waals surface area contributed by atoms with E-state index in [0.717, 1.165) is 20.6 Å². The van der Waals surface area contributed by atoms with Crippen LogP contribution in [0.1, 0.15) is 11.8 Å². The lowest BCUT2D eigenvalue weighted by molar-refractivity contribution is -0.142. The van der Waals surface area contributed by atoms with Crippen LogP contribution >= 0.6 is 27.3 Å². The summed E-state index contributed by atoms with van der Waals surface area (Å²) in [6.45, 7) is 2.16. The van der Waals surface area contributed by atoms with Gasteiger partial charge in [-0.3, -0.25) is 4.79 Å². The van der Waals surface area contributed by atoms with E-state index in [4.69, 9.17) is 10.5 Å². The number of nitrogen functional groups attached to an aromatic ring is 1. The Morgan fingerprint density at radius 3 is 2.74 bits per heavy atom. The van der Waals surface area contributed by atoms with E-state index in [0.29, 0.717) is 11.7 Å². The number of anilines is 1. The number of thiazole rings is 1. The Labute approximate surface area is 123 Å². The summed E-state index contributed by atoms with van der Waals surface area (Å²) >= 11 is 4.71. The molecule has 100 valence electrons. The average molecular weight is 341 g/mol. The second kappa shape index (κ2) is 6.16. The highest BCUT2D eigenvalue weighted by Crippen LogP contribution is 2.31. The van der Waals surface area contributed by atoms with Crippen LogP contribution in [0.25, 0.3) is 11.3 Å². The van der Waals surface area contributed by atoms with Gasteiger partial charge in [-0.05, 0) is 19.1 Å². The standard InChI is InChI=1S/C13H13BrN2O2S/c1-2-18-11(17)7-10-12(16-13(15)19-10)8-3-5-9(14)6-4-8/h3-6H,2,7H2,1H3,(H2,15,16). The number of rotatable bonds is 4. The predicted octanol–water partition coefficient (Wildman–Crippen LogP) is 3.26. The number of hydrogen-bond acceptors (Lipinski definition) is 5. The van der Waals surface area contributed by atoms with Gasteiger partial charge in [-0.1, -0.05) is 28.1 Å².